The van der Waals surface area contributed by atoms with Crippen LogP contribution >= 0.6 is 0 Å². The van der Waals surface area contributed by atoms with Gasteiger partial charge in [0.05, 0.1) is 5.56 Å². The van der Waals surface area contributed by atoms with Gasteiger partial charge in [-0.3, -0.25) is 9.59 Å². The number of benzene rings is 2. The number of methoxy groups -OCH3 is 1. The Morgan fingerprint density at radius 2 is 1.76 bits per heavy atom. The summed E-state index contributed by atoms with van der Waals surface area (Å²) >= 11 is 0. The smallest absolute Gasteiger partial charge is 0.430 e. The first-order chi connectivity index (χ1) is 17.4. The zero-order valence-electron chi connectivity index (χ0n) is 20.0. The Morgan fingerprint density at radius 1 is 1.11 bits per heavy atom. The van der Waals surface area contributed by atoms with Gasteiger partial charge >= 0.3 is 12.1 Å². The van der Waals surface area contributed by atoms with Crippen LogP contribution in [0.25, 0.3) is 0 Å². The maximum absolute atomic E-state index is 14.5. The number of nitrogens with one attached hydrogen (secondary N) is 1. The van der Waals surface area contributed by atoms with Gasteiger partial charge in [0.15, 0.2) is 0 Å². The molecular formula is C26H26F4N2O5. The normalized spacial score (nSPS) is 21.3. The van der Waals surface area contributed by atoms with Crippen LogP contribution in [0.3, 0.4) is 0 Å². The summed E-state index contributed by atoms with van der Waals surface area (Å²) in [6.45, 7) is 0.165. The summed E-state index contributed by atoms with van der Waals surface area (Å²) in [5.74, 6) is -3.59. The van der Waals surface area contributed by atoms with Crippen LogP contribution in [0.4, 0.5) is 17.6 Å². The number of alkyl halides is 3. The summed E-state index contributed by atoms with van der Waals surface area (Å²) in [5, 5.41) is 12.1. The average Bonchev–Trinajstić information content (AvgIpc) is 2.85. The molecule has 1 spiro atoms. The number of carboxylic acid groups (broad SMARTS) is 1. The SMILES string of the molecule is COC(C(=O)N1CCC2(CC1)CC(=O)NC[C@H]2c1ccc(F)cc1)(c1cccc(C(=O)O)c1)C(F)(F)F. The molecular weight excluding hydrogens is 496 g/mol. The van der Waals surface area contributed by atoms with E-state index in [1.807, 2.05) is 0 Å². The number of hydrogen-bond donors (Lipinski definition) is 2. The molecule has 11 heteroatoms. The summed E-state index contributed by atoms with van der Waals surface area (Å²) in [6.07, 6.45) is -4.55. The van der Waals surface area contributed by atoms with Crippen molar-refractivity contribution < 1.29 is 41.8 Å². The minimum absolute atomic E-state index is 0.0659. The number of carbonyl (C=O) groups is 3. The van der Waals surface area contributed by atoms with Crippen LogP contribution in [-0.2, 0) is 19.9 Å². The molecule has 1 unspecified atom stereocenters. The number of amides is 2. The first-order valence-corrected chi connectivity index (χ1v) is 11.7. The predicted molar refractivity (Wildman–Crippen MR) is 123 cm³/mol. The number of carbonyl (C=O) groups excluding carboxylic acids is 2. The third-order valence-corrected chi connectivity index (χ3v) is 7.60. The number of nitrogens with zero attached hydrogens (tertiary/aromatic N) is 1. The number of aromatic carboxylic acids is 1. The molecule has 0 bridgehead atoms. The number of carboxylic acids is 1. The highest BCUT2D eigenvalue weighted by Crippen LogP contribution is 2.50. The van der Waals surface area contributed by atoms with E-state index >= 15 is 0 Å². The van der Waals surface area contributed by atoms with Gasteiger partial charge in [-0.1, -0.05) is 24.3 Å². The lowest BCUT2D eigenvalue weighted by Gasteiger charge is -2.50. The standard InChI is InChI=1S/C26H26F4N2O5/c1-37-25(26(28,29)30,18-4-2-3-17(13-18)22(34)35)23(36)32-11-9-24(10-12-32)14-21(33)31-15-20(24)16-5-7-19(27)8-6-16/h2-8,13,20H,9-12,14-15H2,1H3,(H,31,33)(H,34,35)/t20-,25?/m0/s1. The third-order valence-electron chi connectivity index (χ3n) is 7.60. The second kappa shape index (κ2) is 9.77. The van der Waals surface area contributed by atoms with Crippen LogP contribution in [0, 0.1) is 11.2 Å². The van der Waals surface area contributed by atoms with Crippen molar-refractivity contribution in [3.8, 4) is 0 Å². The molecule has 2 amide bonds. The van der Waals surface area contributed by atoms with Crippen LogP contribution < -0.4 is 5.32 Å². The predicted octanol–water partition coefficient (Wildman–Crippen LogP) is 3.84. The van der Waals surface area contributed by atoms with Crippen molar-refractivity contribution in [2.24, 2.45) is 5.41 Å². The Labute approximate surface area is 210 Å². The van der Waals surface area contributed by atoms with Crippen molar-refractivity contribution in [1.82, 2.24) is 10.2 Å². The van der Waals surface area contributed by atoms with Crippen LogP contribution in [0.1, 0.15) is 46.7 Å². The van der Waals surface area contributed by atoms with Crippen molar-refractivity contribution in [3.05, 3.63) is 71.0 Å². The molecule has 4 rings (SSSR count). The van der Waals surface area contributed by atoms with Crippen molar-refractivity contribution in [1.29, 1.82) is 0 Å². The van der Waals surface area contributed by atoms with E-state index in [-0.39, 0.29) is 44.2 Å². The lowest BCUT2D eigenvalue weighted by atomic mass is 9.62. The van der Waals surface area contributed by atoms with Crippen LogP contribution in [0.15, 0.2) is 48.5 Å². The second-order valence-corrected chi connectivity index (χ2v) is 9.51. The molecule has 2 atom stereocenters. The van der Waals surface area contributed by atoms with Gasteiger partial charge in [0.2, 0.25) is 5.91 Å². The number of likely N-dealkylation sites (tertiary alicyclic amines) is 1. The summed E-state index contributed by atoms with van der Waals surface area (Å²) in [7, 11) is 0.764. The first-order valence-electron chi connectivity index (χ1n) is 11.7. The number of halogens is 4. The van der Waals surface area contributed by atoms with E-state index in [0.717, 1.165) is 41.8 Å². The van der Waals surface area contributed by atoms with Gasteiger partial charge in [-0.05, 0) is 48.1 Å². The second-order valence-electron chi connectivity index (χ2n) is 9.51. The summed E-state index contributed by atoms with van der Waals surface area (Å²) in [5.41, 5.74) is -4.26. The summed E-state index contributed by atoms with van der Waals surface area (Å²) < 4.78 is 61.9. The molecule has 2 saturated heterocycles. The van der Waals surface area contributed by atoms with Gasteiger partial charge in [-0.2, -0.15) is 13.2 Å². The van der Waals surface area contributed by atoms with Crippen molar-refractivity contribution in [2.75, 3.05) is 26.7 Å². The van der Waals surface area contributed by atoms with Gasteiger partial charge in [0.25, 0.3) is 11.5 Å². The Kier molecular flexibility index (Phi) is 7.02. The molecule has 2 fully saturated rings. The summed E-state index contributed by atoms with van der Waals surface area (Å²) in [6, 6.07) is 9.96. The minimum atomic E-state index is -5.19. The zero-order chi connectivity index (χ0) is 27.0. The molecule has 0 aromatic heterocycles. The molecule has 0 aliphatic carbocycles. The Morgan fingerprint density at radius 3 is 2.32 bits per heavy atom. The van der Waals surface area contributed by atoms with Crippen LogP contribution in [-0.4, -0.2) is 60.7 Å². The first kappa shape index (κ1) is 26.6. The van der Waals surface area contributed by atoms with E-state index in [0.29, 0.717) is 6.54 Å². The van der Waals surface area contributed by atoms with Gasteiger partial charge in [0, 0.05) is 44.6 Å². The highest BCUT2D eigenvalue weighted by Gasteiger charge is 2.64. The van der Waals surface area contributed by atoms with E-state index in [1.165, 1.54) is 12.1 Å². The van der Waals surface area contributed by atoms with Crippen LogP contribution in [0.5, 0.6) is 0 Å². The van der Waals surface area contributed by atoms with Crippen molar-refractivity contribution in [2.45, 2.75) is 37.0 Å². The molecule has 37 heavy (non-hydrogen) atoms. The fourth-order valence-corrected chi connectivity index (χ4v) is 5.61. The maximum Gasteiger partial charge on any atom is 0.430 e. The molecule has 2 heterocycles. The molecule has 2 N–H and O–H groups in total. The van der Waals surface area contributed by atoms with E-state index in [1.54, 1.807) is 12.1 Å². The fraction of sp³-hybridized carbons (Fsp3) is 0.423. The molecule has 0 radical (unpaired) electrons. The number of rotatable bonds is 5. The minimum Gasteiger partial charge on any atom is -0.478 e. The van der Waals surface area contributed by atoms with E-state index in [9.17, 15) is 37.1 Å². The van der Waals surface area contributed by atoms with Gasteiger partial charge in [-0.25, -0.2) is 9.18 Å². The van der Waals surface area contributed by atoms with E-state index in [2.05, 4.69) is 5.32 Å². The monoisotopic (exact) mass is 522 g/mol. The molecule has 0 saturated carbocycles. The van der Waals surface area contributed by atoms with Gasteiger partial charge < -0.3 is 20.1 Å². The molecule has 2 aliphatic rings. The van der Waals surface area contributed by atoms with Gasteiger partial charge in [-0.15, -0.1) is 0 Å². The highest BCUT2D eigenvalue weighted by atomic mass is 19.4. The number of ether oxygens (including phenoxy) is 1. The largest absolute Gasteiger partial charge is 0.478 e. The maximum atomic E-state index is 14.5. The Hall–Kier alpha value is -3.47. The molecule has 2 aromatic carbocycles. The molecule has 198 valence electrons. The van der Waals surface area contributed by atoms with E-state index < -0.39 is 46.0 Å². The number of piperidine rings is 2. The van der Waals surface area contributed by atoms with Crippen molar-refractivity contribution in [3.63, 3.8) is 0 Å². The summed E-state index contributed by atoms with van der Waals surface area (Å²) in [4.78, 5) is 38.3. The lowest BCUT2D eigenvalue weighted by molar-refractivity contribution is -0.271. The zero-order valence-corrected chi connectivity index (χ0v) is 20.0. The Balaban J connectivity index is 1.65. The third kappa shape index (κ3) is 4.68. The van der Waals surface area contributed by atoms with E-state index in [4.69, 9.17) is 4.74 Å². The number of hydrogen-bond acceptors (Lipinski definition) is 4. The molecule has 2 aliphatic heterocycles. The average molecular weight is 522 g/mol. The Bertz CT molecular complexity index is 1190. The van der Waals surface area contributed by atoms with Gasteiger partial charge in [0.1, 0.15) is 5.82 Å². The quantitative estimate of drug-likeness (QED) is 0.582. The van der Waals surface area contributed by atoms with Crippen molar-refractivity contribution >= 4 is 17.8 Å². The molecule has 7 nitrogen and oxygen atoms in total. The molecule has 2 aromatic rings. The topological polar surface area (TPSA) is 95.9 Å². The lowest BCUT2D eigenvalue weighted by Crippen LogP contribution is -2.60. The fourth-order valence-electron chi connectivity index (χ4n) is 5.61. The highest BCUT2D eigenvalue weighted by molar-refractivity contribution is 5.91. The van der Waals surface area contributed by atoms with Crippen LogP contribution in [0.2, 0.25) is 0 Å².